The van der Waals surface area contributed by atoms with E-state index < -0.39 is 5.97 Å². The molecule has 6 heteroatoms. The number of hydrogen-bond acceptors (Lipinski definition) is 5. The Hall–Kier alpha value is -0.690. The maximum atomic E-state index is 10.2. The van der Waals surface area contributed by atoms with Crippen LogP contribution in [0.5, 0.6) is 0 Å². The zero-order chi connectivity index (χ0) is 12.1. The van der Waals surface area contributed by atoms with Crippen LogP contribution in [0.15, 0.2) is 0 Å². The van der Waals surface area contributed by atoms with Crippen LogP contribution in [0.1, 0.15) is 51.4 Å². The second-order valence-electron chi connectivity index (χ2n) is 3.62. The highest BCUT2D eigenvalue weighted by Gasteiger charge is 1.96. The molecule has 0 spiro atoms. The third-order valence-electron chi connectivity index (χ3n) is 2.21. The van der Waals surface area contributed by atoms with Gasteiger partial charge in [0.15, 0.2) is 0 Å². The van der Waals surface area contributed by atoms with E-state index in [2.05, 4.69) is 9.88 Å². The van der Waals surface area contributed by atoms with Crippen LogP contribution in [0.3, 0.4) is 0 Å². The molecule has 16 heavy (non-hydrogen) atoms. The summed E-state index contributed by atoms with van der Waals surface area (Å²) in [5, 5.41) is 16.4. The predicted molar refractivity (Wildman–Crippen MR) is 56.5 cm³/mol. The first-order valence-corrected chi connectivity index (χ1v) is 5.66. The Morgan fingerprint density at radius 3 is 2.12 bits per heavy atom. The Kier molecular flexibility index (Phi) is 11.8. The van der Waals surface area contributed by atoms with Crippen LogP contribution in [0.4, 0.5) is 0 Å². The third-order valence-corrected chi connectivity index (χ3v) is 2.21. The first kappa shape index (κ1) is 15.3. The Balaban J connectivity index is 2.90. The number of aliphatic carboxylic acids is 1. The van der Waals surface area contributed by atoms with E-state index >= 15 is 0 Å². The average Bonchev–Trinajstić information content (AvgIpc) is 2.25. The van der Waals surface area contributed by atoms with Gasteiger partial charge < -0.3 is 5.11 Å². The van der Waals surface area contributed by atoms with Crippen LogP contribution in [0.25, 0.3) is 0 Å². The van der Waals surface area contributed by atoms with Crippen molar-refractivity contribution in [3.8, 4) is 0 Å². The zero-order valence-electron chi connectivity index (χ0n) is 9.48. The highest BCUT2D eigenvalue weighted by molar-refractivity contribution is 5.66. The van der Waals surface area contributed by atoms with E-state index in [1.807, 2.05) is 0 Å². The van der Waals surface area contributed by atoms with Crippen LogP contribution in [-0.4, -0.2) is 22.9 Å². The monoisotopic (exact) mass is 235 g/mol. The summed E-state index contributed by atoms with van der Waals surface area (Å²) < 4.78 is 0. The van der Waals surface area contributed by atoms with Gasteiger partial charge in [-0.1, -0.05) is 32.1 Å². The highest BCUT2D eigenvalue weighted by atomic mass is 17.3. The van der Waals surface area contributed by atoms with Gasteiger partial charge in [0.25, 0.3) is 0 Å². The summed E-state index contributed by atoms with van der Waals surface area (Å²) in [6.45, 7) is 0.451. The van der Waals surface area contributed by atoms with E-state index in [0.717, 1.165) is 44.9 Å². The summed E-state index contributed by atoms with van der Waals surface area (Å²) in [7, 11) is 0. The molecule has 0 saturated carbocycles. The molecule has 0 aromatic heterocycles. The number of hydrogen-bond donors (Lipinski definition) is 3. The summed E-state index contributed by atoms with van der Waals surface area (Å²) in [5.41, 5.74) is 1.43. The lowest BCUT2D eigenvalue weighted by atomic mass is 10.1. The maximum absolute atomic E-state index is 10.2. The molecule has 0 radical (unpaired) electrons. The second-order valence-corrected chi connectivity index (χ2v) is 3.62. The Morgan fingerprint density at radius 1 is 1.00 bits per heavy atom. The molecule has 0 aliphatic carbocycles. The molecule has 0 aliphatic rings. The molecule has 0 amide bonds. The van der Waals surface area contributed by atoms with Gasteiger partial charge in [-0.3, -0.25) is 10.0 Å². The average molecular weight is 235 g/mol. The van der Waals surface area contributed by atoms with Crippen LogP contribution in [0.2, 0.25) is 0 Å². The van der Waals surface area contributed by atoms with Crippen molar-refractivity contribution < 1.29 is 25.0 Å². The first-order valence-electron chi connectivity index (χ1n) is 5.66. The summed E-state index contributed by atoms with van der Waals surface area (Å²) in [4.78, 5) is 18.8. The van der Waals surface area contributed by atoms with Crippen molar-refractivity contribution in [2.24, 2.45) is 0 Å². The van der Waals surface area contributed by atoms with E-state index in [4.69, 9.17) is 10.3 Å². The largest absolute Gasteiger partial charge is 0.481 e. The predicted octanol–water partition coefficient (Wildman–Crippen LogP) is 2.03. The molecule has 0 rings (SSSR count). The molecular formula is C10H21NO5. The minimum atomic E-state index is -0.713. The van der Waals surface area contributed by atoms with Gasteiger partial charge in [-0.25, -0.2) is 4.89 Å². The number of nitrogens with one attached hydrogen (secondary N) is 1. The lowest BCUT2D eigenvalue weighted by molar-refractivity contribution is -0.390. The lowest BCUT2D eigenvalue weighted by Crippen LogP contribution is -2.09. The SMILES string of the molecule is O=C(O)CCCCCCCCCOONO. The van der Waals surface area contributed by atoms with Gasteiger partial charge in [0.05, 0.1) is 6.61 Å². The topological polar surface area (TPSA) is 88.0 Å². The fraction of sp³-hybridized carbons (Fsp3) is 0.900. The van der Waals surface area contributed by atoms with Gasteiger partial charge in [-0.05, 0) is 18.5 Å². The zero-order valence-corrected chi connectivity index (χ0v) is 9.48. The molecule has 0 aromatic carbocycles. The van der Waals surface area contributed by atoms with Gasteiger partial charge in [0, 0.05) is 6.42 Å². The van der Waals surface area contributed by atoms with Gasteiger partial charge in [0.1, 0.15) is 0 Å². The number of rotatable bonds is 12. The smallest absolute Gasteiger partial charge is 0.303 e. The molecular weight excluding hydrogens is 214 g/mol. The third kappa shape index (κ3) is 13.3. The Morgan fingerprint density at radius 2 is 1.56 bits per heavy atom. The molecule has 0 saturated heterocycles. The minimum Gasteiger partial charge on any atom is -0.481 e. The molecule has 0 aromatic rings. The molecule has 0 aliphatic heterocycles. The molecule has 3 N–H and O–H groups in total. The van der Waals surface area contributed by atoms with Crippen LogP contribution >= 0.6 is 0 Å². The van der Waals surface area contributed by atoms with Crippen LogP contribution in [0, 0.1) is 0 Å². The van der Waals surface area contributed by atoms with Gasteiger partial charge in [0.2, 0.25) is 0 Å². The van der Waals surface area contributed by atoms with Crippen LogP contribution < -0.4 is 5.64 Å². The molecule has 0 fully saturated rings. The van der Waals surface area contributed by atoms with Crippen molar-refractivity contribution in [2.45, 2.75) is 51.4 Å². The van der Waals surface area contributed by atoms with Crippen molar-refractivity contribution in [3.05, 3.63) is 0 Å². The number of carboxylic acids is 1. The maximum Gasteiger partial charge on any atom is 0.303 e. The van der Waals surface area contributed by atoms with Crippen molar-refractivity contribution in [2.75, 3.05) is 6.61 Å². The van der Waals surface area contributed by atoms with E-state index in [1.165, 1.54) is 5.64 Å². The molecule has 6 nitrogen and oxygen atoms in total. The highest BCUT2D eigenvalue weighted by Crippen LogP contribution is 2.08. The molecule has 0 atom stereocenters. The van der Waals surface area contributed by atoms with Gasteiger partial charge in [-0.15, -0.1) is 4.99 Å². The molecule has 0 bridgehead atoms. The van der Waals surface area contributed by atoms with Crippen molar-refractivity contribution in [3.63, 3.8) is 0 Å². The van der Waals surface area contributed by atoms with Crippen LogP contribution in [-0.2, 0) is 14.7 Å². The normalized spacial score (nSPS) is 10.6. The van der Waals surface area contributed by atoms with Crippen molar-refractivity contribution in [1.29, 1.82) is 0 Å². The van der Waals surface area contributed by atoms with Gasteiger partial charge >= 0.3 is 5.97 Å². The summed E-state index contributed by atoms with van der Waals surface area (Å²) in [5.74, 6) is -0.713. The Labute approximate surface area is 95.4 Å². The van der Waals surface area contributed by atoms with Crippen molar-refractivity contribution in [1.82, 2.24) is 5.64 Å². The number of unbranched alkanes of at least 4 members (excludes halogenated alkanes) is 6. The quantitative estimate of drug-likeness (QED) is 0.272. The number of carbonyl (C=O) groups is 1. The van der Waals surface area contributed by atoms with Crippen molar-refractivity contribution >= 4 is 5.97 Å². The summed E-state index contributed by atoms with van der Waals surface area (Å²) in [6, 6.07) is 0. The Bertz CT molecular complexity index is 165. The second kappa shape index (κ2) is 12.4. The van der Waals surface area contributed by atoms with Gasteiger partial charge in [-0.2, -0.15) is 0 Å². The molecule has 0 unspecified atom stereocenters. The minimum absolute atomic E-state index is 0.277. The van der Waals surface area contributed by atoms with E-state index in [0.29, 0.717) is 6.61 Å². The lowest BCUT2D eigenvalue weighted by Gasteiger charge is -2.01. The first-order chi connectivity index (χ1) is 7.77. The number of carboxylic acid groups (broad SMARTS) is 1. The fourth-order valence-electron chi connectivity index (χ4n) is 1.39. The van der Waals surface area contributed by atoms with E-state index in [1.54, 1.807) is 0 Å². The molecule has 96 valence electrons. The fourth-order valence-corrected chi connectivity index (χ4v) is 1.39. The summed E-state index contributed by atoms with van der Waals surface area (Å²) in [6.07, 6.45) is 7.29. The molecule has 0 heterocycles. The van der Waals surface area contributed by atoms with E-state index in [-0.39, 0.29) is 6.42 Å². The summed E-state index contributed by atoms with van der Waals surface area (Å²) >= 11 is 0. The van der Waals surface area contributed by atoms with E-state index in [9.17, 15) is 4.79 Å². The standard InChI is InChI=1S/C10H21NO5/c12-10(13)8-6-4-2-1-3-5-7-9-15-16-11-14/h11,14H,1-9H2,(H,12,13).